The van der Waals surface area contributed by atoms with Gasteiger partial charge in [0.05, 0.1) is 0 Å². The molecule has 17 heavy (non-hydrogen) atoms. The second-order valence-electron chi connectivity index (χ2n) is 4.22. The normalized spacial score (nSPS) is 23.2. The summed E-state index contributed by atoms with van der Waals surface area (Å²) < 4.78 is 41.7. The number of halogens is 3. The summed E-state index contributed by atoms with van der Waals surface area (Å²) in [6.45, 7) is -4.87. The molecule has 0 spiro atoms. The summed E-state index contributed by atoms with van der Waals surface area (Å²) in [4.78, 5) is 11.3. The monoisotopic (exact) mass is 243 g/mol. The number of hydrogen-bond donors (Lipinski definition) is 0. The zero-order chi connectivity index (χ0) is 12.5. The lowest BCUT2D eigenvalue weighted by Gasteiger charge is -2.12. The van der Waals surface area contributed by atoms with Crippen molar-refractivity contribution >= 4 is 12.9 Å². The number of carbonyl (C=O) groups excluding carboxylic acids is 1. The molecule has 0 unspecified atom stereocenters. The first-order valence-electron chi connectivity index (χ1n) is 5.39. The Labute approximate surface area is 96.8 Å². The lowest BCUT2D eigenvalue weighted by molar-refractivity contribution is -0.146. The number of benzene rings is 1. The fraction of sp³-hybridized carbons (Fsp3) is 0.364. The summed E-state index contributed by atoms with van der Waals surface area (Å²) in [6.07, 6.45) is -0.114. The van der Waals surface area contributed by atoms with Gasteiger partial charge < -0.3 is 17.7 Å². The molecular weight excluding hydrogens is 232 g/mol. The van der Waals surface area contributed by atoms with E-state index in [2.05, 4.69) is 0 Å². The maximum Gasteiger partial charge on any atom is 0.482 e. The highest BCUT2D eigenvalue weighted by Gasteiger charge is 2.54. The van der Waals surface area contributed by atoms with E-state index < -0.39 is 24.7 Å². The second kappa shape index (κ2) is 4.43. The molecule has 0 radical (unpaired) electrons. The Hall–Kier alpha value is -1.46. The number of hydrogen-bond acceptors (Lipinski definition) is 2. The van der Waals surface area contributed by atoms with Crippen LogP contribution in [0.4, 0.5) is 12.9 Å². The molecule has 0 bridgehead atoms. The van der Waals surface area contributed by atoms with Gasteiger partial charge in [0, 0.05) is 5.92 Å². The van der Waals surface area contributed by atoms with Crippen molar-refractivity contribution in [3.05, 3.63) is 35.9 Å². The molecule has 0 aromatic heterocycles. The third-order valence-electron chi connectivity index (χ3n) is 2.85. The van der Waals surface area contributed by atoms with E-state index in [0.717, 1.165) is 5.56 Å². The van der Waals surface area contributed by atoms with Crippen LogP contribution in [0.3, 0.4) is 0 Å². The van der Waals surface area contributed by atoms with Crippen molar-refractivity contribution in [2.24, 2.45) is 5.92 Å². The van der Waals surface area contributed by atoms with Gasteiger partial charge in [-0.25, -0.2) is 0 Å². The zero-order valence-corrected chi connectivity index (χ0v) is 8.98. The van der Waals surface area contributed by atoms with Crippen molar-refractivity contribution in [3.63, 3.8) is 0 Å². The van der Waals surface area contributed by atoms with Crippen molar-refractivity contribution in [1.82, 2.24) is 0 Å². The number of esters is 1. The summed E-state index contributed by atoms with van der Waals surface area (Å²) in [6, 6.07) is 8.88. The van der Waals surface area contributed by atoms with E-state index in [0.29, 0.717) is 0 Å². The molecule has 1 saturated carbocycles. The summed E-state index contributed by atoms with van der Waals surface area (Å²) >= 11 is 0. The molecule has 1 aromatic rings. The molecule has 92 valence electrons. The second-order valence-corrected chi connectivity index (χ2v) is 4.22. The minimum absolute atomic E-state index is 0.0355. The van der Waals surface area contributed by atoms with Crippen LogP contribution in [0.5, 0.6) is 0 Å². The van der Waals surface area contributed by atoms with Gasteiger partial charge in [-0.2, -0.15) is 0 Å². The van der Waals surface area contributed by atoms with E-state index in [1.54, 1.807) is 24.3 Å². The average Bonchev–Trinajstić information content (AvgIpc) is 3.06. The highest BCUT2D eigenvalue weighted by molar-refractivity contribution is 6.61. The number of rotatable bonds is 4. The Bertz CT molecular complexity index is 405. The van der Waals surface area contributed by atoms with E-state index in [9.17, 15) is 17.7 Å². The summed E-state index contributed by atoms with van der Waals surface area (Å²) in [5.41, 5.74) is 0.774. The van der Waals surface area contributed by atoms with E-state index >= 15 is 0 Å². The van der Waals surface area contributed by atoms with Crippen molar-refractivity contribution in [1.29, 1.82) is 0 Å². The summed E-state index contributed by atoms with van der Waals surface area (Å²) in [7, 11) is 0. The van der Waals surface area contributed by atoms with Gasteiger partial charge in [0.2, 0.25) is 0 Å². The van der Waals surface area contributed by atoms with Crippen molar-refractivity contribution in [2.75, 3.05) is 0 Å². The molecule has 1 aliphatic carbocycles. The Morgan fingerprint density at radius 3 is 2.47 bits per heavy atom. The summed E-state index contributed by atoms with van der Waals surface area (Å²) in [5.74, 6) is -3.16. The van der Waals surface area contributed by atoms with Gasteiger partial charge in [-0.1, -0.05) is 42.6 Å². The molecule has 2 atom stereocenters. The molecule has 2 rings (SSSR count). The molecule has 1 aliphatic rings. The van der Waals surface area contributed by atoms with Crippen LogP contribution in [0.2, 0.25) is 5.82 Å². The van der Waals surface area contributed by atoms with Crippen molar-refractivity contribution in [3.8, 4) is 0 Å². The Morgan fingerprint density at radius 2 is 1.94 bits per heavy atom. The smallest absolute Gasteiger partial charge is 0.461 e. The topological polar surface area (TPSA) is 26.3 Å². The van der Waals surface area contributed by atoms with Crippen LogP contribution in [-0.4, -0.2) is 12.9 Å². The first-order chi connectivity index (χ1) is 7.98. The van der Waals surface area contributed by atoms with E-state index in [-0.39, 0.29) is 13.0 Å². The van der Waals surface area contributed by atoms with Gasteiger partial charge in [-0.15, -0.1) is 0 Å². The first kappa shape index (κ1) is 12.0. The summed E-state index contributed by atoms with van der Waals surface area (Å²) in [5, 5.41) is 0. The van der Waals surface area contributed by atoms with Crippen molar-refractivity contribution in [2.45, 2.75) is 18.8 Å². The fourth-order valence-electron chi connectivity index (χ4n) is 1.74. The highest BCUT2D eigenvalue weighted by Crippen LogP contribution is 2.53. The van der Waals surface area contributed by atoms with E-state index in [1.807, 2.05) is 6.07 Å². The molecule has 0 amide bonds. The lowest BCUT2D eigenvalue weighted by Crippen LogP contribution is -2.18. The van der Waals surface area contributed by atoms with Gasteiger partial charge in [-0.05, 0) is 5.56 Å². The van der Waals surface area contributed by atoms with E-state index in [1.165, 1.54) is 0 Å². The first-order valence-corrected chi connectivity index (χ1v) is 5.39. The molecule has 0 aliphatic heterocycles. The third kappa shape index (κ3) is 3.02. The van der Waals surface area contributed by atoms with Gasteiger partial charge in [0.15, 0.2) is 0 Å². The molecule has 6 heteroatoms. The van der Waals surface area contributed by atoms with Crippen molar-refractivity contribution < 1.29 is 22.5 Å². The average molecular weight is 243 g/mol. The molecule has 0 N–H and O–H groups in total. The van der Waals surface area contributed by atoms with Crippen LogP contribution >= 0.6 is 0 Å². The van der Waals surface area contributed by atoms with Gasteiger partial charge >= 0.3 is 12.9 Å². The van der Waals surface area contributed by atoms with Crippen LogP contribution in [0, 0.1) is 5.92 Å². The van der Waals surface area contributed by atoms with Crippen LogP contribution in [0.1, 0.15) is 12.0 Å². The third-order valence-corrected chi connectivity index (χ3v) is 2.85. The fourth-order valence-corrected chi connectivity index (χ4v) is 1.74. The molecular formula is C11H11BF3O2-. The lowest BCUT2D eigenvalue weighted by atomic mass is 9.82. The predicted molar refractivity (Wildman–Crippen MR) is 57.2 cm³/mol. The molecule has 2 nitrogen and oxygen atoms in total. The number of carbonyl (C=O) groups is 1. The minimum atomic E-state index is -4.90. The Morgan fingerprint density at radius 1 is 1.29 bits per heavy atom. The highest BCUT2D eigenvalue weighted by atomic mass is 19.4. The van der Waals surface area contributed by atoms with Crippen LogP contribution in [0.25, 0.3) is 0 Å². The molecule has 0 saturated heterocycles. The van der Waals surface area contributed by atoms with Crippen LogP contribution in [0.15, 0.2) is 30.3 Å². The number of ether oxygens (including phenoxy) is 1. The predicted octanol–water partition coefficient (Wildman–Crippen LogP) is 2.97. The maximum atomic E-state index is 12.3. The molecule has 1 fully saturated rings. The largest absolute Gasteiger partial charge is 0.482 e. The quantitative estimate of drug-likeness (QED) is 0.600. The van der Waals surface area contributed by atoms with Crippen LogP contribution in [-0.2, 0) is 16.1 Å². The van der Waals surface area contributed by atoms with Gasteiger partial charge in [-0.3, -0.25) is 4.79 Å². The van der Waals surface area contributed by atoms with Gasteiger partial charge in [0.25, 0.3) is 0 Å². The van der Waals surface area contributed by atoms with Gasteiger partial charge in [0.1, 0.15) is 6.61 Å². The molecule has 0 heterocycles. The minimum Gasteiger partial charge on any atom is -0.461 e. The van der Waals surface area contributed by atoms with Crippen LogP contribution < -0.4 is 0 Å². The Balaban J connectivity index is 1.80. The standard InChI is InChI=1S/C11H11BF3O2/c13-12(14,15)10-6-9(10)11(16)17-7-8-4-2-1-3-5-8/h1-5,9-10H,6-7H2/q-1/t9-,10-/m1/s1. The SMILES string of the molecule is O=C(OCc1ccccc1)[C@@H]1C[C@H]1[B-](F)(F)F. The Kier molecular flexibility index (Phi) is 3.13. The van der Waals surface area contributed by atoms with E-state index in [4.69, 9.17) is 4.74 Å². The molecule has 1 aromatic carbocycles. The zero-order valence-electron chi connectivity index (χ0n) is 8.98. The maximum absolute atomic E-state index is 12.3.